The number of benzene rings is 1. The molecule has 3 nitrogen and oxygen atoms in total. The first-order valence-corrected chi connectivity index (χ1v) is 6.89. The van der Waals surface area contributed by atoms with Crippen LogP contribution in [0.2, 0.25) is 0 Å². The predicted octanol–water partition coefficient (Wildman–Crippen LogP) is 1.83. The van der Waals surface area contributed by atoms with Gasteiger partial charge in [0.15, 0.2) is 0 Å². The van der Waals surface area contributed by atoms with Gasteiger partial charge in [-0.2, -0.15) is 0 Å². The SMILES string of the molecule is O=C(CNCCc1ccccc1)N1CCCCC1. The molecule has 1 aromatic carbocycles. The number of amides is 1. The zero-order valence-corrected chi connectivity index (χ0v) is 10.9. The van der Waals surface area contributed by atoms with Crippen LogP contribution in [0.1, 0.15) is 24.8 Å². The molecule has 0 bridgehead atoms. The Balaban J connectivity index is 1.61. The Hall–Kier alpha value is -1.35. The molecule has 1 N–H and O–H groups in total. The highest BCUT2D eigenvalue weighted by Crippen LogP contribution is 2.08. The van der Waals surface area contributed by atoms with Crippen LogP contribution in [0.15, 0.2) is 30.3 Å². The zero-order valence-electron chi connectivity index (χ0n) is 10.9. The molecule has 1 saturated heterocycles. The van der Waals surface area contributed by atoms with Crippen molar-refractivity contribution < 1.29 is 4.79 Å². The van der Waals surface area contributed by atoms with Gasteiger partial charge < -0.3 is 10.2 Å². The van der Waals surface area contributed by atoms with E-state index in [0.717, 1.165) is 38.9 Å². The van der Waals surface area contributed by atoms with Gasteiger partial charge in [0.05, 0.1) is 6.54 Å². The van der Waals surface area contributed by atoms with E-state index in [1.807, 2.05) is 23.1 Å². The van der Waals surface area contributed by atoms with Gasteiger partial charge in [-0.25, -0.2) is 0 Å². The van der Waals surface area contributed by atoms with Crippen molar-refractivity contribution in [3.8, 4) is 0 Å². The van der Waals surface area contributed by atoms with Crippen molar-refractivity contribution in [2.75, 3.05) is 26.2 Å². The molecule has 98 valence electrons. The summed E-state index contributed by atoms with van der Waals surface area (Å²) in [5.41, 5.74) is 1.32. The third-order valence-corrected chi connectivity index (χ3v) is 3.42. The Morgan fingerprint density at radius 2 is 1.83 bits per heavy atom. The summed E-state index contributed by atoms with van der Waals surface area (Å²) in [7, 11) is 0. The number of nitrogens with zero attached hydrogens (tertiary/aromatic N) is 1. The number of nitrogens with one attached hydrogen (secondary N) is 1. The first-order chi connectivity index (χ1) is 8.86. The maximum Gasteiger partial charge on any atom is 0.236 e. The largest absolute Gasteiger partial charge is 0.342 e. The highest BCUT2D eigenvalue weighted by molar-refractivity contribution is 5.78. The van der Waals surface area contributed by atoms with E-state index in [2.05, 4.69) is 17.4 Å². The van der Waals surface area contributed by atoms with Crippen LogP contribution in [0, 0.1) is 0 Å². The minimum atomic E-state index is 0.253. The molecule has 0 unspecified atom stereocenters. The molecule has 1 aliphatic rings. The molecule has 3 heteroatoms. The second kappa shape index (κ2) is 7.17. The highest BCUT2D eigenvalue weighted by atomic mass is 16.2. The minimum Gasteiger partial charge on any atom is -0.342 e. The number of rotatable bonds is 5. The van der Waals surface area contributed by atoms with Gasteiger partial charge >= 0.3 is 0 Å². The lowest BCUT2D eigenvalue weighted by Crippen LogP contribution is -2.41. The summed E-state index contributed by atoms with van der Waals surface area (Å²) in [6.45, 7) is 3.23. The normalized spacial score (nSPS) is 15.7. The average molecular weight is 246 g/mol. The molecule has 0 saturated carbocycles. The van der Waals surface area contributed by atoms with Crippen LogP contribution < -0.4 is 5.32 Å². The Labute approximate surface area is 109 Å². The lowest BCUT2D eigenvalue weighted by atomic mass is 10.1. The summed E-state index contributed by atoms with van der Waals surface area (Å²) < 4.78 is 0. The fourth-order valence-corrected chi connectivity index (χ4v) is 2.33. The molecular formula is C15H22N2O. The second-order valence-electron chi connectivity index (χ2n) is 4.85. The molecule has 18 heavy (non-hydrogen) atoms. The van der Waals surface area contributed by atoms with Gasteiger partial charge in [-0.15, -0.1) is 0 Å². The van der Waals surface area contributed by atoms with Gasteiger partial charge in [-0.1, -0.05) is 30.3 Å². The first-order valence-electron chi connectivity index (χ1n) is 6.89. The summed E-state index contributed by atoms with van der Waals surface area (Å²) in [6, 6.07) is 10.4. The minimum absolute atomic E-state index is 0.253. The standard InChI is InChI=1S/C15H22N2O/c18-15(17-11-5-2-6-12-17)13-16-10-9-14-7-3-1-4-8-14/h1,3-4,7-8,16H,2,5-6,9-13H2. The first kappa shape index (κ1) is 13.1. The second-order valence-corrected chi connectivity index (χ2v) is 4.85. The van der Waals surface area contributed by atoms with Crippen LogP contribution in [0.5, 0.6) is 0 Å². The van der Waals surface area contributed by atoms with E-state index in [0.29, 0.717) is 6.54 Å². The average Bonchev–Trinajstić information content (AvgIpc) is 2.45. The number of hydrogen-bond donors (Lipinski definition) is 1. The van der Waals surface area contributed by atoms with Crippen molar-refractivity contribution in [2.45, 2.75) is 25.7 Å². The van der Waals surface area contributed by atoms with Crippen molar-refractivity contribution in [3.05, 3.63) is 35.9 Å². The summed E-state index contributed by atoms with van der Waals surface area (Å²) in [6.07, 6.45) is 4.57. The highest BCUT2D eigenvalue weighted by Gasteiger charge is 2.15. The van der Waals surface area contributed by atoms with Crippen molar-refractivity contribution >= 4 is 5.91 Å². The summed E-state index contributed by atoms with van der Waals surface area (Å²) >= 11 is 0. The number of hydrogen-bond acceptors (Lipinski definition) is 2. The third-order valence-electron chi connectivity index (χ3n) is 3.42. The number of piperidine rings is 1. The topological polar surface area (TPSA) is 32.3 Å². The van der Waals surface area contributed by atoms with Crippen LogP contribution in [0.4, 0.5) is 0 Å². The van der Waals surface area contributed by atoms with E-state index < -0.39 is 0 Å². The molecule has 0 atom stereocenters. The molecule has 1 heterocycles. The lowest BCUT2D eigenvalue weighted by Gasteiger charge is -2.26. The molecule has 1 amide bonds. The van der Waals surface area contributed by atoms with Crippen LogP contribution >= 0.6 is 0 Å². The third kappa shape index (κ3) is 4.15. The van der Waals surface area contributed by atoms with Crippen LogP contribution in [-0.4, -0.2) is 37.0 Å². The molecule has 0 radical (unpaired) electrons. The fraction of sp³-hybridized carbons (Fsp3) is 0.533. The van der Waals surface area contributed by atoms with Gasteiger partial charge in [0.1, 0.15) is 0 Å². The molecule has 1 fully saturated rings. The van der Waals surface area contributed by atoms with E-state index in [1.54, 1.807) is 0 Å². The number of carbonyl (C=O) groups excluding carboxylic acids is 1. The van der Waals surface area contributed by atoms with Crippen LogP contribution in [-0.2, 0) is 11.2 Å². The van der Waals surface area contributed by atoms with Gasteiger partial charge in [0.25, 0.3) is 0 Å². The molecule has 1 aromatic rings. The van der Waals surface area contributed by atoms with Crippen LogP contribution in [0.3, 0.4) is 0 Å². The van der Waals surface area contributed by atoms with E-state index in [4.69, 9.17) is 0 Å². The Kier molecular flexibility index (Phi) is 5.21. The molecule has 0 aromatic heterocycles. The quantitative estimate of drug-likeness (QED) is 0.804. The van der Waals surface area contributed by atoms with Crippen molar-refractivity contribution in [2.24, 2.45) is 0 Å². The smallest absolute Gasteiger partial charge is 0.236 e. The van der Waals surface area contributed by atoms with Gasteiger partial charge in [0.2, 0.25) is 5.91 Å². The predicted molar refractivity (Wildman–Crippen MR) is 73.4 cm³/mol. The van der Waals surface area contributed by atoms with Crippen LogP contribution in [0.25, 0.3) is 0 Å². The van der Waals surface area contributed by atoms with E-state index in [1.165, 1.54) is 12.0 Å². The molecule has 0 spiro atoms. The summed E-state index contributed by atoms with van der Waals surface area (Å²) in [5.74, 6) is 0.253. The Morgan fingerprint density at radius 1 is 1.11 bits per heavy atom. The van der Waals surface area contributed by atoms with Crippen molar-refractivity contribution in [1.29, 1.82) is 0 Å². The number of carbonyl (C=O) groups is 1. The van der Waals surface area contributed by atoms with E-state index in [-0.39, 0.29) is 5.91 Å². The number of likely N-dealkylation sites (tertiary alicyclic amines) is 1. The summed E-state index contributed by atoms with van der Waals surface area (Å²) in [4.78, 5) is 13.9. The lowest BCUT2D eigenvalue weighted by molar-refractivity contribution is -0.131. The molecule has 1 aliphatic heterocycles. The molecule has 2 rings (SSSR count). The summed E-state index contributed by atoms with van der Waals surface area (Å²) in [5, 5.41) is 3.24. The maximum atomic E-state index is 11.9. The van der Waals surface area contributed by atoms with Crippen molar-refractivity contribution in [1.82, 2.24) is 10.2 Å². The maximum absolute atomic E-state index is 11.9. The zero-order chi connectivity index (χ0) is 12.6. The Morgan fingerprint density at radius 3 is 2.56 bits per heavy atom. The van der Waals surface area contributed by atoms with Gasteiger partial charge in [-0.05, 0) is 37.8 Å². The van der Waals surface area contributed by atoms with Crippen molar-refractivity contribution in [3.63, 3.8) is 0 Å². The monoisotopic (exact) mass is 246 g/mol. The van der Waals surface area contributed by atoms with Gasteiger partial charge in [-0.3, -0.25) is 4.79 Å². The van der Waals surface area contributed by atoms with E-state index in [9.17, 15) is 4.79 Å². The molecular weight excluding hydrogens is 224 g/mol. The molecule has 0 aliphatic carbocycles. The van der Waals surface area contributed by atoms with E-state index >= 15 is 0 Å². The fourth-order valence-electron chi connectivity index (χ4n) is 2.33. The Bertz CT molecular complexity index is 358. The van der Waals surface area contributed by atoms with Gasteiger partial charge in [0, 0.05) is 13.1 Å².